The minimum atomic E-state index is -2.41. The molecule has 0 unspecified atom stereocenters. The van der Waals surface area contributed by atoms with Gasteiger partial charge in [0, 0.05) is 50.4 Å². The molecule has 5 heteroatoms. The predicted molar refractivity (Wildman–Crippen MR) is 351 cm³/mol. The molecule has 0 radical (unpaired) electrons. The topological polar surface area (TPSA) is 33.5 Å². The lowest BCUT2D eigenvalue weighted by Crippen LogP contribution is -2.69. The molecule has 0 atom stereocenters. The van der Waals surface area contributed by atoms with Gasteiger partial charge in [-0.2, -0.15) is 0 Å². The van der Waals surface area contributed by atoms with Gasteiger partial charge in [-0.3, -0.25) is 4.57 Å². The van der Waals surface area contributed by atoms with Gasteiger partial charge in [-0.1, -0.05) is 239 Å². The first-order valence-electron chi connectivity index (χ1n) is 31.5. The zero-order valence-corrected chi connectivity index (χ0v) is 48.1. The largest absolute Gasteiger partial charge is 0.457 e. The first kappa shape index (κ1) is 47.2. The third kappa shape index (κ3) is 6.74. The summed E-state index contributed by atoms with van der Waals surface area (Å²) in [5, 5.41) is 2.03. The monoisotopic (exact) mass is 1110 g/mol. The maximum Gasteiger partial charge on any atom is 0.137 e. The van der Waals surface area contributed by atoms with Gasteiger partial charge in [-0.05, 0) is 133 Å². The van der Waals surface area contributed by atoms with E-state index in [0.717, 1.165) is 44.4 Å². The molecule has 7 aliphatic rings. The molecule has 0 saturated carbocycles. The lowest BCUT2D eigenvalue weighted by Gasteiger charge is -2.68. The van der Waals surface area contributed by atoms with Crippen molar-refractivity contribution in [2.75, 3.05) is 16.5 Å². The van der Waals surface area contributed by atoms with Gasteiger partial charge < -0.3 is 14.5 Å². The molecule has 2 aromatic heterocycles. The maximum atomic E-state index is 8.81. The molecule has 412 valence electrons. The maximum absolute atomic E-state index is 8.81. The SMILES string of the molecule is [2H]C([2H])([2H])c1cc(-n2c3ccccc3c3ccc(Oc4cccc(N5CN(C67c8ccccc8C(c8ccccc86)C6(c8ccccc8)c8ccccc8C7(c7ccccc7)c7ccccc76)c6ccccc65)c4)cc32)ncc1-c1ccc(C(C)(C)C)cc1. The van der Waals surface area contributed by atoms with E-state index >= 15 is 0 Å². The highest BCUT2D eigenvalue weighted by atomic mass is 16.5. The average molecular weight is 1110 g/mol. The quantitative estimate of drug-likeness (QED) is 0.152. The summed E-state index contributed by atoms with van der Waals surface area (Å²) in [6.45, 7) is 4.63. The van der Waals surface area contributed by atoms with Crippen LogP contribution in [0, 0.1) is 6.85 Å². The molecule has 0 amide bonds. The summed E-state index contributed by atoms with van der Waals surface area (Å²) in [4.78, 5) is 10.3. The van der Waals surface area contributed by atoms with Crippen molar-refractivity contribution >= 4 is 38.9 Å². The van der Waals surface area contributed by atoms with Crippen LogP contribution < -0.4 is 14.5 Å². The van der Waals surface area contributed by atoms with Crippen molar-refractivity contribution in [1.82, 2.24) is 9.55 Å². The Hall–Kier alpha value is -10.2. The molecule has 0 spiro atoms. The smallest absolute Gasteiger partial charge is 0.137 e. The van der Waals surface area contributed by atoms with Crippen LogP contribution in [-0.4, -0.2) is 16.2 Å². The number of hydrogen-bond acceptors (Lipinski definition) is 4. The second-order valence-electron chi connectivity index (χ2n) is 24.7. The Bertz CT molecular complexity index is 4890. The molecule has 20 rings (SSSR count). The van der Waals surface area contributed by atoms with Gasteiger partial charge >= 0.3 is 0 Å². The number of fused-ring (bicyclic) bond motifs is 4. The van der Waals surface area contributed by atoms with Gasteiger partial charge in [0.15, 0.2) is 0 Å². The molecular weight excluding hydrogens is 1040 g/mol. The lowest BCUT2D eigenvalue weighted by molar-refractivity contribution is 0.282. The van der Waals surface area contributed by atoms with E-state index < -0.39 is 23.2 Å². The minimum absolute atomic E-state index is 0.0446. The molecule has 3 heterocycles. The van der Waals surface area contributed by atoms with Gasteiger partial charge in [0.25, 0.3) is 0 Å². The average Bonchev–Trinajstić information content (AvgIpc) is 0.996. The normalized spacial score (nSPS) is 20.2. The second kappa shape index (κ2) is 18.6. The van der Waals surface area contributed by atoms with Crippen LogP contribution in [0.2, 0.25) is 0 Å². The van der Waals surface area contributed by atoms with Crippen LogP contribution in [-0.2, 0) is 21.8 Å². The molecule has 11 aromatic carbocycles. The van der Waals surface area contributed by atoms with E-state index in [1.54, 1.807) is 12.3 Å². The number of nitrogens with zero attached hydrogens (tertiary/aromatic N) is 4. The summed E-state index contributed by atoms with van der Waals surface area (Å²) in [5.41, 5.74) is 18.4. The third-order valence-electron chi connectivity index (χ3n) is 19.6. The van der Waals surface area contributed by atoms with Crippen molar-refractivity contribution in [1.29, 1.82) is 0 Å². The van der Waals surface area contributed by atoms with Crippen molar-refractivity contribution in [2.24, 2.45) is 0 Å². The molecule has 0 fully saturated rings. The number of aryl methyl sites for hydroxylation is 1. The highest BCUT2D eigenvalue weighted by molar-refractivity contribution is 6.09. The Morgan fingerprint density at radius 3 is 1.73 bits per heavy atom. The van der Waals surface area contributed by atoms with Crippen molar-refractivity contribution in [3.05, 3.63) is 352 Å². The number of anilines is 3. The first-order valence-corrected chi connectivity index (χ1v) is 30.0. The van der Waals surface area contributed by atoms with E-state index in [-0.39, 0.29) is 16.9 Å². The number of aromatic nitrogens is 2. The summed E-state index contributed by atoms with van der Waals surface area (Å²) in [7, 11) is 0. The zero-order chi connectivity index (χ0) is 60.0. The van der Waals surface area contributed by atoms with Crippen LogP contribution in [0.3, 0.4) is 0 Å². The van der Waals surface area contributed by atoms with Gasteiger partial charge in [0.05, 0.1) is 39.9 Å². The molecule has 5 nitrogen and oxygen atoms in total. The summed E-state index contributed by atoms with van der Waals surface area (Å²) >= 11 is 0. The van der Waals surface area contributed by atoms with Crippen LogP contribution in [0.15, 0.2) is 285 Å². The first-order chi connectivity index (χ1) is 43.4. The molecule has 1 aliphatic heterocycles. The highest BCUT2D eigenvalue weighted by Gasteiger charge is 2.72. The van der Waals surface area contributed by atoms with Crippen LogP contribution in [0.5, 0.6) is 11.5 Å². The molecule has 86 heavy (non-hydrogen) atoms. The van der Waals surface area contributed by atoms with E-state index in [1.165, 1.54) is 61.2 Å². The Labute approximate surface area is 506 Å². The third-order valence-corrected chi connectivity index (χ3v) is 19.6. The zero-order valence-electron chi connectivity index (χ0n) is 51.1. The van der Waals surface area contributed by atoms with E-state index in [9.17, 15) is 0 Å². The van der Waals surface area contributed by atoms with Crippen LogP contribution in [0.25, 0.3) is 38.8 Å². The van der Waals surface area contributed by atoms with Crippen LogP contribution >= 0.6 is 0 Å². The minimum Gasteiger partial charge on any atom is -0.457 e. The summed E-state index contributed by atoms with van der Waals surface area (Å²) in [6.07, 6.45) is 1.72. The molecule has 4 bridgehead atoms. The lowest BCUT2D eigenvalue weighted by atomic mass is 9.37. The molecule has 0 N–H and O–H groups in total. The summed E-state index contributed by atoms with van der Waals surface area (Å²) in [6, 6.07) is 102. The van der Waals surface area contributed by atoms with Crippen LogP contribution in [0.4, 0.5) is 17.1 Å². The van der Waals surface area contributed by atoms with E-state index in [0.29, 0.717) is 29.5 Å². The molecule has 6 aliphatic carbocycles. The predicted octanol–water partition coefficient (Wildman–Crippen LogP) is 19.2. The Morgan fingerprint density at radius 1 is 0.488 bits per heavy atom. The summed E-state index contributed by atoms with van der Waals surface area (Å²) in [5.74, 6) is 1.74. The highest BCUT2D eigenvalue weighted by Crippen LogP contribution is 2.75. The number of para-hydroxylation sites is 3. The van der Waals surface area contributed by atoms with Crippen molar-refractivity contribution in [2.45, 2.75) is 55.3 Å². The van der Waals surface area contributed by atoms with Gasteiger partial charge in [0.1, 0.15) is 22.9 Å². The van der Waals surface area contributed by atoms with E-state index in [4.69, 9.17) is 13.8 Å². The Morgan fingerprint density at radius 2 is 1.06 bits per heavy atom. The van der Waals surface area contributed by atoms with Gasteiger partial charge in [-0.15, -0.1) is 0 Å². The summed E-state index contributed by atoms with van der Waals surface area (Å²) < 4.78 is 35.5. The fraction of sp³-hybridized carbons (Fsp3) is 0.123. The van der Waals surface area contributed by atoms with E-state index in [1.807, 2.05) is 36.4 Å². The number of hydrogen-bond donors (Lipinski definition) is 0. The second-order valence-corrected chi connectivity index (χ2v) is 24.7. The van der Waals surface area contributed by atoms with Gasteiger partial charge in [-0.25, -0.2) is 4.98 Å². The number of benzene rings is 11. The van der Waals surface area contributed by atoms with Crippen molar-refractivity contribution in [3.8, 4) is 28.4 Å². The fourth-order valence-electron chi connectivity index (χ4n) is 16.3. The van der Waals surface area contributed by atoms with Crippen molar-refractivity contribution < 1.29 is 8.85 Å². The molecular formula is C81H62N4O. The number of rotatable bonds is 8. The van der Waals surface area contributed by atoms with E-state index in [2.05, 4.69) is 272 Å². The fourth-order valence-corrected chi connectivity index (χ4v) is 16.3. The van der Waals surface area contributed by atoms with Crippen molar-refractivity contribution in [3.63, 3.8) is 0 Å². The Kier molecular flexibility index (Phi) is 10.2. The standard InChI is InChI=1S/C81H62N4O/c1-53-48-76(82-51-65(53)54-42-44-55(45-43-54)78(2,3)4)85-72-39-20-13-30-61(72)62-47-46-60(50-75(62)85)86-59-29-23-28-58(49-59)83-52-84(74-41-22-21-40-73(74)83)81-66-33-14-11-31-63(66)77(64-32-12-15-34-67(64)81)79(56-24-7-5-8-25-56)68-35-16-18-37-70(68)80(81,57-26-9-6-10-27-57)71-38-19-17-36-69(71)79/h5-51,77H,52H2,1-4H3/i1D3. The molecule has 13 aromatic rings. The van der Waals surface area contributed by atoms with Crippen LogP contribution in [0.1, 0.15) is 97.6 Å². The molecule has 0 saturated heterocycles. The van der Waals surface area contributed by atoms with Gasteiger partial charge in [0.2, 0.25) is 0 Å². The Balaban J connectivity index is 0.826. The number of ether oxygens (including phenoxy) is 1. The number of pyridine rings is 1.